The minimum Gasteiger partial charge on any atom is -0.381 e. The van der Waals surface area contributed by atoms with Gasteiger partial charge in [-0.15, -0.1) is 0 Å². The predicted molar refractivity (Wildman–Crippen MR) is 64.5 cm³/mol. The Hall–Kier alpha value is -0.770. The molecule has 94 valence electrons. The molecule has 0 aromatic heterocycles. The van der Waals surface area contributed by atoms with Gasteiger partial charge in [-0.1, -0.05) is 0 Å². The summed E-state index contributed by atoms with van der Waals surface area (Å²) in [4.78, 5) is 15.7. The Labute approximate surface area is 98.5 Å². The topological polar surface area (TPSA) is 32.8 Å². The van der Waals surface area contributed by atoms with Gasteiger partial charge in [0.15, 0.2) is 0 Å². The number of nitrogens with zero attached hydrogens (tertiary/aromatic N) is 2. The van der Waals surface area contributed by atoms with Crippen molar-refractivity contribution in [3.8, 4) is 0 Å². The van der Waals surface area contributed by atoms with Crippen molar-refractivity contribution in [3.63, 3.8) is 0 Å². The standard InChI is InChI=1S/C12H24N2O2/c1-4-14(5-2)12(15)13(3)10-11-6-8-16-9-7-11/h11H,4-10H2,1-3H3. The molecule has 0 aromatic carbocycles. The molecular weight excluding hydrogens is 204 g/mol. The van der Waals surface area contributed by atoms with Gasteiger partial charge in [-0.3, -0.25) is 0 Å². The van der Waals surface area contributed by atoms with E-state index >= 15 is 0 Å². The van der Waals surface area contributed by atoms with E-state index in [4.69, 9.17) is 4.74 Å². The monoisotopic (exact) mass is 228 g/mol. The number of hydrogen-bond donors (Lipinski definition) is 0. The molecule has 0 aromatic rings. The molecule has 1 aliphatic heterocycles. The Bertz CT molecular complexity index is 211. The summed E-state index contributed by atoms with van der Waals surface area (Å²) < 4.78 is 5.32. The molecule has 1 fully saturated rings. The highest BCUT2D eigenvalue weighted by Gasteiger charge is 2.20. The van der Waals surface area contributed by atoms with Gasteiger partial charge in [-0.05, 0) is 32.6 Å². The molecule has 1 heterocycles. The smallest absolute Gasteiger partial charge is 0.319 e. The van der Waals surface area contributed by atoms with Crippen LogP contribution in [-0.4, -0.2) is 55.7 Å². The number of urea groups is 1. The van der Waals surface area contributed by atoms with Gasteiger partial charge >= 0.3 is 6.03 Å². The van der Waals surface area contributed by atoms with E-state index < -0.39 is 0 Å². The maximum Gasteiger partial charge on any atom is 0.319 e. The van der Waals surface area contributed by atoms with Crippen molar-refractivity contribution < 1.29 is 9.53 Å². The molecule has 0 spiro atoms. The first-order chi connectivity index (χ1) is 7.69. The van der Waals surface area contributed by atoms with Crippen LogP contribution in [0.5, 0.6) is 0 Å². The van der Waals surface area contributed by atoms with Gasteiger partial charge in [-0.25, -0.2) is 4.79 Å². The lowest BCUT2D eigenvalue weighted by Gasteiger charge is -2.30. The van der Waals surface area contributed by atoms with Crippen molar-refractivity contribution in [2.75, 3.05) is 39.9 Å². The van der Waals surface area contributed by atoms with E-state index in [1.807, 2.05) is 30.7 Å². The van der Waals surface area contributed by atoms with Gasteiger partial charge in [0.25, 0.3) is 0 Å². The number of ether oxygens (including phenoxy) is 1. The van der Waals surface area contributed by atoms with Crippen molar-refractivity contribution in [2.45, 2.75) is 26.7 Å². The van der Waals surface area contributed by atoms with Crippen LogP contribution in [0.15, 0.2) is 0 Å². The Morgan fingerprint density at radius 2 is 1.81 bits per heavy atom. The first-order valence-corrected chi connectivity index (χ1v) is 6.26. The number of amides is 2. The second-order valence-electron chi connectivity index (χ2n) is 4.39. The third kappa shape index (κ3) is 3.67. The Morgan fingerprint density at radius 1 is 1.25 bits per heavy atom. The molecule has 0 N–H and O–H groups in total. The lowest BCUT2D eigenvalue weighted by atomic mass is 10.00. The fraction of sp³-hybridized carbons (Fsp3) is 0.917. The van der Waals surface area contributed by atoms with Gasteiger partial charge in [-0.2, -0.15) is 0 Å². The fourth-order valence-corrected chi connectivity index (χ4v) is 2.13. The first-order valence-electron chi connectivity index (χ1n) is 6.26. The third-order valence-electron chi connectivity index (χ3n) is 3.23. The molecule has 1 saturated heterocycles. The number of hydrogen-bond acceptors (Lipinski definition) is 2. The highest BCUT2D eigenvalue weighted by Crippen LogP contribution is 2.16. The molecule has 0 bridgehead atoms. The first kappa shape index (κ1) is 13.3. The van der Waals surface area contributed by atoms with E-state index in [2.05, 4.69) is 0 Å². The largest absolute Gasteiger partial charge is 0.381 e. The van der Waals surface area contributed by atoms with E-state index in [9.17, 15) is 4.79 Å². The number of carbonyl (C=O) groups is 1. The van der Waals surface area contributed by atoms with Crippen LogP contribution in [0.4, 0.5) is 4.79 Å². The van der Waals surface area contributed by atoms with Crippen LogP contribution in [0.25, 0.3) is 0 Å². The van der Waals surface area contributed by atoms with Crippen molar-refractivity contribution in [1.82, 2.24) is 9.80 Å². The molecule has 16 heavy (non-hydrogen) atoms. The normalized spacial score (nSPS) is 17.2. The van der Waals surface area contributed by atoms with E-state index in [1.165, 1.54) is 0 Å². The molecule has 1 rings (SSSR count). The Morgan fingerprint density at radius 3 is 2.31 bits per heavy atom. The van der Waals surface area contributed by atoms with Crippen LogP contribution >= 0.6 is 0 Å². The maximum atomic E-state index is 12.0. The molecule has 4 nitrogen and oxygen atoms in total. The summed E-state index contributed by atoms with van der Waals surface area (Å²) in [6.45, 7) is 8.16. The summed E-state index contributed by atoms with van der Waals surface area (Å²) in [7, 11) is 1.90. The third-order valence-corrected chi connectivity index (χ3v) is 3.23. The Balaban J connectivity index is 2.37. The highest BCUT2D eigenvalue weighted by atomic mass is 16.5. The van der Waals surface area contributed by atoms with Crippen LogP contribution in [0.1, 0.15) is 26.7 Å². The van der Waals surface area contributed by atoms with Gasteiger partial charge < -0.3 is 14.5 Å². The van der Waals surface area contributed by atoms with Crippen molar-refractivity contribution in [1.29, 1.82) is 0 Å². The van der Waals surface area contributed by atoms with Gasteiger partial charge in [0.05, 0.1) is 0 Å². The molecule has 2 amide bonds. The number of rotatable bonds is 4. The molecule has 0 radical (unpaired) electrons. The van der Waals surface area contributed by atoms with Crippen LogP contribution in [0.3, 0.4) is 0 Å². The lowest BCUT2D eigenvalue weighted by Crippen LogP contribution is -2.43. The zero-order chi connectivity index (χ0) is 12.0. The summed E-state index contributed by atoms with van der Waals surface area (Å²) in [5.41, 5.74) is 0. The molecule has 0 aliphatic carbocycles. The lowest BCUT2D eigenvalue weighted by molar-refractivity contribution is 0.0566. The predicted octanol–water partition coefficient (Wildman–Crippen LogP) is 1.81. The van der Waals surface area contributed by atoms with Crippen LogP contribution in [0.2, 0.25) is 0 Å². The second kappa shape index (κ2) is 6.74. The minimum atomic E-state index is 0.150. The maximum absolute atomic E-state index is 12.0. The van der Waals surface area contributed by atoms with E-state index in [-0.39, 0.29) is 6.03 Å². The van der Waals surface area contributed by atoms with Crippen LogP contribution < -0.4 is 0 Å². The molecule has 1 aliphatic rings. The summed E-state index contributed by atoms with van der Waals surface area (Å²) >= 11 is 0. The highest BCUT2D eigenvalue weighted by molar-refractivity contribution is 5.74. The van der Waals surface area contributed by atoms with E-state index in [1.54, 1.807) is 0 Å². The van der Waals surface area contributed by atoms with Crippen molar-refractivity contribution in [3.05, 3.63) is 0 Å². The quantitative estimate of drug-likeness (QED) is 0.735. The second-order valence-corrected chi connectivity index (χ2v) is 4.39. The molecule has 0 saturated carbocycles. The van der Waals surface area contributed by atoms with Crippen LogP contribution in [0, 0.1) is 5.92 Å². The van der Waals surface area contributed by atoms with Gasteiger partial charge in [0.2, 0.25) is 0 Å². The SMILES string of the molecule is CCN(CC)C(=O)N(C)CC1CCOCC1. The fourth-order valence-electron chi connectivity index (χ4n) is 2.13. The average Bonchev–Trinajstić information content (AvgIpc) is 2.31. The van der Waals surface area contributed by atoms with E-state index in [0.29, 0.717) is 5.92 Å². The van der Waals surface area contributed by atoms with Gasteiger partial charge in [0, 0.05) is 39.9 Å². The molecular formula is C12H24N2O2. The molecule has 4 heteroatoms. The summed E-state index contributed by atoms with van der Waals surface area (Å²) in [6.07, 6.45) is 2.16. The van der Waals surface area contributed by atoms with Gasteiger partial charge in [0.1, 0.15) is 0 Å². The Kier molecular flexibility index (Phi) is 5.60. The summed E-state index contributed by atoms with van der Waals surface area (Å²) in [6, 6.07) is 0.150. The average molecular weight is 228 g/mol. The minimum absolute atomic E-state index is 0.150. The van der Waals surface area contributed by atoms with E-state index in [0.717, 1.165) is 45.7 Å². The van der Waals surface area contributed by atoms with Crippen molar-refractivity contribution >= 4 is 6.03 Å². The molecule has 0 atom stereocenters. The molecule has 0 unspecified atom stereocenters. The van der Waals surface area contributed by atoms with Crippen LogP contribution in [-0.2, 0) is 4.74 Å². The van der Waals surface area contributed by atoms with Crippen molar-refractivity contribution in [2.24, 2.45) is 5.92 Å². The zero-order valence-electron chi connectivity index (χ0n) is 10.7. The number of carbonyl (C=O) groups excluding carboxylic acids is 1. The summed E-state index contributed by atoms with van der Waals surface area (Å²) in [5, 5.41) is 0. The summed E-state index contributed by atoms with van der Waals surface area (Å²) in [5.74, 6) is 0.610. The zero-order valence-corrected chi connectivity index (χ0v) is 10.7.